The second-order valence-corrected chi connectivity index (χ2v) is 8.31. The molecule has 1 saturated heterocycles. The van der Waals surface area contributed by atoms with Crippen molar-refractivity contribution in [2.75, 3.05) is 32.7 Å². The average molecular weight is 410 g/mol. The number of halogens is 2. The smallest absolute Gasteiger partial charge is 0.265 e. The summed E-state index contributed by atoms with van der Waals surface area (Å²) in [5.74, 6) is -0.447. The quantitative estimate of drug-likeness (QED) is 0.707. The lowest BCUT2D eigenvalue weighted by atomic mass is 10.2. The largest absolute Gasteiger partial charge is 0.337 e. The third kappa shape index (κ3) is 4.86. The number of carbonyl (C=O) groups excluding carboxylic acids is 1. The van der Waals surface area contributed by atoms with Gasteiger partial charge in [0.25, 0.3) is 5.91 Å². The molecular formula is C20H25ClFN3OS. The molecule has 1 aliphatic heterocycles. The third-order valence-electron chi connectivity index (χ3n) is 4.86. The normalized spacial score (nSPS) is 15.8. The molecule has 0 spiro atoms. The van der Waals surface area contributed by atoms with E-state index in [1.165, 1.54) is 36.3 Å². The van der Waals surface area contributed by atoms with E-state index in [1.807, 2.05) is 11.8 Å². The summed E-state index contributed by atoms with van der Waals surface area (Å²) in [7, 11) is 0. The fourth-order valence-corrected chi connectivity index (χ4v) is 4.42. The number of aryl methyl sites for hydroxylation is 1. The Morgan fingerprint density at radius 2 is 2.11 bits per heavy atom. The highest BCUT2D eigenvalue weighted by atomic mass is 35.5. The van der Waals surface area contributed by atoms with Crippen molar-refractivity contribution in [3.63, 3.8) is 0 Å². The van der Waals surface area contributed by atoms with Crippen molar-refractivity contribution in [3.05, 3.63) is 39.6 Å². The van der Waals surface area contributed by atoms with Crippen LogP contribution in [0.5, 0.6) is 0 Å². The zero-order valence-corrected chi connectivity index (χ0v) is 17.4. The van der Waals surface area contributed by atoms with Gasteiger partial charge in [0, 0.05) is 25.2 Å². The van der Waals surface area contributed by atoms with Crippen molar-refractivity contribution in [2.45, 2.75) is 33.1 Å². The molecule has 0 aliphatic carbocycles. The molecule has 7 heteroatoms. The van der Waals surface area contributed by atoms with Gasteiger partial charge in [-0.1, -0.05) is 31.0 Å². The minimum Gasteiger partial charge on any atom is -0.337 e. The molecule has 0 unspecified atom stereocenters. The summed E-state index contributed by atoms with van der Waals surface area (Å²) in [6, 6.07) is 4.62. The topological polar surface area (TPSA) is 36.4 Å². The Morgan fingerprint density at radius 3 is 2.85 bits per heavy atom. The Morgan fingerprint density at radius 1 is 1.30 bits per heavy atom. The van der Waals surface area contributed by atoms with E-state index in [1.54, 1.807) is 6.07 Å². The van der Waals surface area contributed by atoms with Crippen molar-refractivity contribution < 1.29 is 9.18 Å². The molecule has 0 N–H and O–H groups in total. The summed E-state index contributed by atoms with van der Waals surface area (Å²) in [4.78, 5) is 22.6. The first-order valence-corrected chi connectivity index (χ1v) is 10.6. The fraction of sp³-hybridized carbons (Fsp3) is 0.500. The van der Waals surface area contributed by atoms with Crippen LogP contribution in [-0.4, -0.2) is 53.4 Å². The standard InChI is InChI=1S/C20H25ClFN3OS/c1-3-4-8-24-9-5-10-25(12-11-24)20(26)18-14(2)23-19(27-18)15-6-7-16(21)17(22)13-15/h6-7,13H,3-5,8-12H2,1-2H3. The maximum atomic E-state index is 13.8. The van der Waals surface area contributed by atoms with E-state index in [-0.39, 0.29) is 10.9 Å². The van der Waals surface area contributed by atoms with Crippen LogP contribution in [0.4, 0.5) is 4.39 Å². The fourth-order valence-electron chi connectivity index (χ4n) is 3.27. The van der Waals surface area contributed by atoms with Gasteiger partial charge >= 0.3 is 0 Å². The molecule has 1 aromatic heterocycles. The van der Waals surface area contributed by atoms with Crippen LogP contribution in [0.3, 0.4) is 0 Å². The molecule has 1 fully saturated rings. The average Bonchev–Trinajstić information content (AvgIpc) is 2.89. The Labute approximate surface area is 169 Å². The maximum absolute atomic E-state index is 13.8. The van der Waals surface area contributed by atoms with Crippen LogP contribution in [0.2, 0.25) is 5.02 Å². The number of benzene rings is 1. The van der Waals surface area contributed by atoms with E-state index < -0.39 is 5.82 Å². The van der Waals surface area contributed by atoms with Gasteiger partial charge in [0.2, 0.25) is 0 Å². The van der Waals surface area contributed by atoms with E-state index in [2.05, 4.69) is 16.8 Å². The highest BCUT2D eigenvalue weighted by molar-refractivity contribution is 7.17. The lowest BCUT2D eigenvalue weighted by Crippen LogP contribution is -2.35. The number of hydrogen-bond donors (Lipinski definition) is 0. The van der Waals surface area contributed by atoms with E-state index in [0.29, 0.717) is 21.1 Å². The Hall–Kier alpha value is -1.50. The first-order chi connectivity index (χ1) is 13.0. The van der Waals surface area contributed by atoms with Crippen molar-refractivity contribution in [1.29, 1.82) is 0 Å². The van der Waals surface area contributed by atoms with Crippen molar-refractivity contribution >= 4 is 28.8 Å². The summed E-state index contributed by atoms with van der Waals surface area (Å²) in [6.07, 6.45) is 3.37. The van der Waals surface area contributed by atoms with Crippen molar-refractivity contribution in [3.8, 4) is 10.6 Å². The number of unbranched alkanes of at least 4 members (excludes halogenated alkanes) is 1. The van der Waals surface area contributed by atoms with Gasteiger partial charge in [0.15, 0.2) is 0 Å². The van der Waals surface area contributed by atoms with Crippen LogP contribution in [-0.2, 0) is 0 Å². The van der Waals surface area contributed by atoms with Gasteiger partial charge in [-0.3, -0.25) is 4.79 Å². The molecule has 1 aliphatic rings. The number of amides is 1. The summed E-state index contributed by atoms with van der Waals surface area (Å²) in [5, 5.41) is 0.728. The predicted octanol–water partition coefficient (Wildman–Crippen LogP) is 4.86. The van der Waals surface area contributed by atoms with Gasteiger partial charge in [-0.2, -0.15) is 0 Å². The van der Waals surface area contributed by atoms with Crippen LogP contribution in [0.1, 0.15) is 41.6 Å². The van der Waals surface area contributed by atoms with E-state index in [9.17, 15) is 9.18 Å². The first kappa shape index (κ1) is 20.2. The zero-order valence-electron chi connectivity index (χ0n) is 15.8. The second kappa shape index (κ2) is 9.13. The summed E-state index contributed by atoms with van der Waals surface area (Å²) in [5.41, 5.74) is 1.34. The lowest BCUT2D eigenvalue weighted by molar-refractivity contribution is 0.0765. The molecular weight excluding hydrogens is 385 g/mol. The number of rotatable bonds is 5. The summed E-state index contributed by atoms with van der Waals surface area (Å²) < 4.78 is 13.8. The molecule has 0 atom stereocenters. The molecule has 27 heavy (non-hydrogen) atoms. The van der Waals surface area contributed by atoms with Gasteiger partial charge in [0.05, 0.1) is 10.7 Å². The molecule has 2 heterocycles. The molecule has 4 nitrogen and oxygen atoms in total. The summed E-state index contributed by atoms with van der Waals surface area (Å²) >= 11 is 7.08. The molecule has 0 radical (unpaired) electrons. The Balaban J connectivity index is 1.73. The van der Waals surface area contributed by atoms with E-state index >= 15 is 0 Å². The highest BCUT2D eigenvalue weighted by Gasteiger charge is 2.24. The highest BCUT2D eigenvalue weighted by Crippen LogP contribution is 2.31. The number of aromatic nitrogens is 1. The van der Waals surface area contributed by atoms with E-state index in [0.717, 1.165) is 39.1 Å². The van der Waals surface area contributed by atoms with Crippen LogP contribution >= 0.6 is 22.9 Å². The molecule has 2 aromatic rings. The van der Waals surface area contributed by atoms with Crippen LogP contribution in [0, 0.1) is 12.7 Å². The predicted molar refractivity (Wildman–Crippen MR) is 109 cm³/mol. The lowest BCUT2D eigenvalue weighted by Gasteiger charge is -2.21. The van der Waals surface area contributed by atoms with Gasteiger partial charge in [0.1, 0.15) is 15.7 Å². The second-order valence-electron chi connectivity index (χ2n) is 6.90. The molecule has 1 amide bonds. The third-order valence-corrected chi connectivity index (χ3v) is 6.36. The van der Waals surface area contributed by atoms with Gasteiger partial charge in [-0.05, 0) is 45.0 Å². The SMILES string of the molecule is CCCCN1CCCN(C(=O)c2sc(-c3ccc(Cl)c(F)c3)nc2C)CC1. The molecule has 0 bridgehead atoms. The van der Waals surface area contributed by atoms with Crippen LogP contribution in [0.15, 0.2) is 18.2 Å². The monoisotopic (exact) mass is 409 g/mol. The van der Waals surface area contributed by atoms with Gasteiger partial charge in [-0.25, -0.2) is 9.37 Å². The number of carbonyl (C=O) groups is 1. The Kier molecular flexibility index (Phi) is 6.84. The number of nitrogens with zero attached hydrogens (tertiary/aromatic N) is 3. The minimum absolute atomic E-state index is 0.0306. The number of thiazole rings is 1. The molecule has 146 valence electrons. The van der Waals surface area contributed by atoms with Gasteiger partial charge in [-0.15, -0.1) is 11.3 Å². The molecule has 1 aromatic carbocycles. The van der Waals surface area contributed by atoms with E-state index in [4.69, 9.17) is 11.6 Å². The van der Waals surface area contributed by atoms with Crippen LogP contribution < -0.4 is 0 Å². The molecule has 0 saturated carbocycles. The summed E-state index contributed by atoms with van der Waals surface area (Å²) in [6.45, 7) is 8.60. The van der Waals surface area contributed by atoms with Crippen molar-refractivity contribution in [1.82, 2.24) is 14.8 Å². The number of hydrogen-bond acceptors (Lipinski definition) is 4. The first-order valence-electron chi connectivity index (χ1n) is 9.44. The zero-order chi connectivity index (χ0) is 19.4. The maximum Gasteiger partial charge on any atom is 0.265 e. The van der Waals surface area contributed by atoms with Crippen LogP contribution in [0.25, 0.3) is 10.6 Å². The Bertz CT molecular complexity index is 811. The minimum atomic E-state index is -0.477. The van der Waals surface area contributed by atoms with Crippen molar-refractivity contribution in [2.24, 2.45) is 0 Å². The molecule has 3 rings (SSSR count). The van der Waals surface area contributed by atoms with Gasteiger partial charge < -0.3 is 9.80 Å².